The van der Waals surface area contributed by atoms with Gasteiger partial charge in [-0.25, -0.2) is 4.98 Å². The lowest BCUT2D eigenvalue weighted by Gasteiger charge is -2.13. The van der Waals surface area contributed by atoms with E-state index in [1.54, 1.807) is 0 Å². The molecule has 3 nitrogen and oxygen atoms in total. The second-order valence-electron chi connectivity index (χ2n) is 3.76. The number of hydrogen-bond acceptors (Lipinski definition) is 3. The molecular formula is C12H11Cl2N2OP. The highest BCUT2D eigenvalue weighted by molar-refractivity contribution is 7.64. The largest absolute Gasteiger partial charge is 0.437 e. The number of rotatable bonds is 3. The summed E-state index contributed by atoms with van der Waals surface area (Å²) < 4.78 is 5.73. The Morgan fingerprint density at radius 2 is 1.89 bits per heavy atom. The summed E-state index contributed by atoms with van der Waals surface area (Å²) in [6.45, 7) is 4.32. The van der Waals surface area contributed by atoms with Crippen LogP contribution in [-0.4, -0.2) is 23.3 Å². The van der Waals surface area contributed by atoms with Crippen molar-refractivity contribution in [1.82, 2.24) is 9.97 Å². The molecule has 0 aliphatic carbocycles. The average molecular weight is 301 g/mol. The van der Waals surface area contributed by atoms with Crippen LogP contribution in [0, 0.1) is 0 Å². The van der Waals surface area contributed by atoms with Gasteiger partial charge < -0.3 is 4.74 Å². The summed E-state index contributed by atoms with van der Waals surface area (Å²) in [5, 5.41) is 1.60. The summed E-state index contributed by atoms with van der Waals surface area (Å²) in [6.07, 6.45) is 1.43. The van der Waals surface area contributed by atoms with E-state index in [2.05, 4.69) is 23.3 Å². The van der Waals surface area contributed by atoms with Crippen LogP contribution < -0.4 is 10.0 Å². The van der Waals surface area contributed by atoms with Crippen LogP contribution in [-0.2, 0) is 0 Å². The van der Waals surface area contributed by atoms with Crippen molar-refractivity contribution in [1.29, 1.82) is 0 Å². The first-order valence-corrected chi connectivity index (χ1v) is 8.19. The molecule has 0 saturated heterocycles. The molecule has 1 heterocycles. The number of nitrogens with zero attached hydrogens (tertiary/aromatic N) is 2. The molecule has 1 aromatic carbocycles. The molecule has 0 bridgehead atoms. The van der Waals surface area contributed by atoms with Crippen LogP contribution in [0.3, 0.4) is 0 Å². The highest BCUT2D eigenvalue weighted by Crippen LogP contribution is 2.33. The van der Waals surface area contributed by atoms with Crippen LogP contribution in [0.5, 0.6) is 11.6 Å². The number of ether oxygens (including phenoxy) is 1. The van der Waals surface area contributed by atoms with Crippen molar-refractivity contribution in [2.24, 2.45) is 0 Å². The molecule has 0 aliphatic rings. The Morgan fingerprint density at radius 1 is 1.17 bits per heavy atom. The Labute approximate surface area is 117 Å². The maximum absolute atomic E-state index is 5.97. The van der Waals surface area contributed by atoms with E-state index >= 15 is 0 Å². The summed E-state index contributed by atoms with van der Waals surface area (Å²) >= 11 is 11.7. The number of hydrogen-bond donors (Lipinski definition) is 0. The molecule has 0 amide bonds. The molecule has 2 aromatic rings. The van der Waals surface area contributed by atoms with Gasteiger partial charge >= 0.3 is 0 Å². The minimum absolute atomic E-state index is 0.113. The molecule has 0 saturated carbocycles. The summed E-state index contributed by atoms with van der Waals surface area (Å²) in [4.78, 5) is 7.76. The fraction of sp³-hybridized carbons (Fsp3) is 0.167. The fourth-order valence-corrected chi connectivity index (χ4v) is 2.62. The van der Waals surface area contributed by atoms with E-state index in [0.29, 0.717) is 5.02 Å². The third-order valence-electron chi connectivity index (χ3n) is 2.24. The van der Waals surface area contributed by atoms with E-state index in [-0.39, 0.29) is 19.1 Å². The predicted octanol–water partition coefficient (Wildman–Crippen LogP) is 3.94. The second kappa shape index (κ2) is 5.83. The quantitative estimate of drug-likeness (QED) is 0.636. The first-order valence-electron chi connectivity index (χ1n) is 5.20. The van der Waals surface area contributed by atoms with E-state index in [1.807, 2.05) is 24.3 Å². The highest BCUT2D eigenvalue weighted by atomic mass is 35.5. The minimum Gasteiger partial charge on any atom is -0.437 e. The van der Waals surface area contributed by atoms with Crippen LogP contribution in [0.25, 0.3) is 0 Å². The van der Waals surface area contributed by atoms with Crippen molar-refractivity contribution in [3.63, 3.8) is 0 Å². The summed E-state index contributed by atoms with van der Waals surface area (Å²) in [7, 11) is -0.274. The van der Waals surface area contributed by atoms with Crippen molar-refractivity contribution in [3.8, 4) is 11.6 Å². The molecule has 1 aromatic heterocycles. The van der Waals surface area contributed by atoms with E-state index < -0.39 is 0 Å². The summed E-state index contributed by atoms with van der Waals surface area (Å²) in [6, 6.07) is 7.83. The zero-order chi connectivity index (χ0) is 13.1. The first-order chi connectivity index (χ1) is 8.58. The third-order valence-corrected chi connectivity index (χ3v) is 4.01. The van der Waals surface area contributed by atoms with Crippen molar-refractivity contribution < 1.29 is 4.74 Å². The Morgan fingerprint density at radius 3 is 2.61 bits per heavy atom. The molecule has 0 aliphatic heterocycles. The Hall–Kier alpha value is -0.890. The van der Waals surface area contributed by atoms with Gasteiger partial charge in [-0.05, 0) is 31.0 Å². The highest BCUT2D eigenvalue weighted by Gasteiger charge is 2.11. The van der Waals surface area contributed by atoms with Crippen molar-refractivity contribution >= 4 is 36.4 Å². The number of halogens is 2. The van der Waals surface area contributed by atoms with Gasteiger partial charge in [0, 0.05) is 5.30 Å². The normalized spacial score (nSPS) is 10.7. The maximum atomic E-state index is 5.97. The second-order valence-corrected chi connectivity index (χ2v) is 6.77. The Kier molecular flexibility index (Phi) is 4.39. The number of para-hydroxylation sites is 1. The van der Waals surface area contributed by atoms with Gasteiger partial charge in [-0.3, -0.25) is 0 Å². The lowest BCUT2D eigenvalue weighted by molar-refractivity contribution is 0.465. The monoisotopic (exact) mass is 300 g/mol. The van der Waals surface area contributed by atoms with Gasteiger partial charge in [0.25, 0.3) is 0 Å². The van der Waals surface area contributed by atoms with Gasteiger partial charge in [0.15, 0.2) is 0 Å². The Bertz CT molecular complexity index is 564. The SMILES string of the molecule is CP(C)c1ccccc1Oc1nc(Cl)ncc1Cl. The van der Waals surface area contributed by atoms with Crippen LogP contribution in [0.2, 0.25) is 10.3 Å². The van der Waals surface area contributed by atoms with E-state index in [9.17, 15) is 0 Å². The van der Waals surface area contributed by atoms with Crippen LogP contribution in [0.4, 0.5) is 0 Å². The molecule has 0 radical (unpaired) electrons. The molecule has 94 valence electrons. The van der Waals surface area contributed by atoms with Crippen molar-refractivity contribution in [2.45, 2.75) is 0 Å². The maximum Gasteiger partial charge on any atom is 0.242 e. The van der Waals surface area contributed by atoms with Gasteiger partial charge in [0.2, 0.25) is 11.2 Å². The molecular weight excluding hydrogens is 290 g/mol. The van der Waals surface area contributed by atoms with Crippen molar-refractivity contribution in [2.75, 3.05) is 13.3 Å². The topological polar surface area (TPSA) is 35.0 Å². The number of aromatic nitrogens is 2. The molecule has 0 atom stereocenters. The summed E-state index contributed by atoms with van der Waals surface area (Å²) in [5.41, 5.74) is 0. The zero-order valence-electron chi connectivity index (χ0n) is 9.89. The van der Waals surface area contributed by atoms with E-state index in [0.717, 1.165) is 11.1 Å². The van der Waals surface area contributed by atoms with E-state index in [1.165, 1.54) is 6.20 Å². The van der Waals surface area contributed by atoms with Gasteiger partial charge in [0.05, 0.1) is 6.20 Å². The van der Waals surface area contributed by atoms with Crippen LogP contribution >= 0.6 is 31.1 Å². The van der Waals surface area contributed by atoms with Gasteiger partial charge in [-0.15, -0.1) is 0 Å². The molecule has 2 rings (SSSR count). The Balaban J connectivity index is 2.37. The van der Waals surface area contributed by atoms with Crippen LogP contribution in [0.1, 0.15) is 0 Å². The standard InChI is InChI=1S/C12H11Cl2N2OP/c1-18(2)10-6-4-3-5-9(10)17-11-8(13)7-15-12(14)16-11/h3-7H,1-2H3. The average Bonchev–Trinajstić information content (AvgIpc) is 2.34. The zero-order valence-corrected chi connectivity index (χ0v) is 12.3. The molecule has 0 unspecified atom stereocenters. The first kappa shape index (κ1) is 13.5. The van der Waals surface area contributed by atoms with Gasteiger partial charge in [0.1, 0.15) is 10.8 Å². The molecule has 6 heteroatoms. The van der Waals surface area contributed by atoms with Gasteiger partial charge in [-0.2, -0.15) is 4.98 Å². The smallest absolute Gasteiger partial charge is 0.242 e. The van der Waals surface area contributed by atoms with E-state index in [4.69, 9.17) is 27.9 Å². The molecule has 0 N–H and O–H groups in total. The lowest BCUT2D eigenvalue weighted by Crippen LogP contribution is -2.04. The molecule has 18 heavy (non-hydrogen) atoms. The van der Waals surface area contributed by atoms with Gasteiger partial charge in [-0.1, -0.05) is 37.7 Å². The lowest BCUT2D eigenvalue weighted by atomic mass is 10.3. The number of benzene rings is 1. The minimum atomic E-state index is -0.274. The molecule has 0 fully saturated rings. The molecule has 0 spiro atoms. The van der Waals surface area contributed by atoms with Crippen LogP contribution in [0.15, 0.2) is 30.5 Å². The van der Waals surface area contributed by atoms with Crippen molar-refractivity contribution in [3.05, 3.63) is 40.8 Å². The summed E-state index contributed by atoms with van der Waals surface area (Å²) in [5.74, 6) is 1.03. The predicted molar refractivity (Wildman–Crippen MR) is 77.0 cm³/mol. The fourth-order valence-electron chi connectivity index (χ4n) is 1.42. The third kappa shape index (κ3) is 3.11.